The molecular weight excluding hydrogens is 290 g/mol. The van der Waals surface area contributed by atoms with Gasteiger partial charge in [-0.3, -0.25) is 4.90 Å². The third kappa shape index (κ3) is 2.45. The van der Waals surface area contributed by atoms with E-state index in [1.165, 1.54) is 0 Å². The highest BCUT2D eigenvalue weighted by atomic mass is 19.3. The van der Waals surface area contributed by atoms with Crippen LogP contribution in [0.2, 0.25) is 0 Å². The van der Waals surface area contributed by atoms with E-state index in [1.807, 2.05) is 37.3 Å². The highest BCUT2D eigenvalue weighted by Crippen LogP contribution is 2.51. The van der Waals surface area contributed by atoms with Crippen LogP contribution in [0.5, 0.6) is 0 Å². The van der Waals surface area contributed by atoms with Crippen LogP contribution in [0.25, 0.3) is 0 Å². The molecule has 2 aliphatic heterocycles. The number of alkyl halides is 2. The van der Waals surface area contributed by atoms with Crippen molar-refractivity contribution in [2.75, 3.05) is 19.6 Å². The highest BCUT2D eigenvalue weighted by Gasteiger charge is 2.64. The molecule has 0 saturated carbocycles. The quantitative estimate of drug-likeness (QED) is 0.913. The molecular formula is C16H20F2N2O2. The summed E-state index contributed by atoms with van der Waals surface area (Å²) in [5.41, 5.74) is -0.167. The average molecular weight is 310 g/mol. The van der Waals surface area contributed by atoms with E-state index in [-0.39, 0.29) is 25.7 Å². The van der Waals surface area contributed by atoms with Gasteiger partial charge in [-0.2, -0.15) is 0 Å². The van der Waals surface area contributed by atoms with E-state index in [1.54, 1.807) is 4.90 Å². The van der Waals surface area contributed by atoms with E-state index >= 15 is 0 Å². The number of amides is 1. The molecule has 0 radical (unpaired) electrons. The summed E-state index contributed by atoms with van der Waals surface area (Å²) >= 11 is 0. The zero-order chi connectivity index (χ0) is 16.0. The molecule has 22 heavy (non-hydrogen) atoms. The van der Waals surface area contributed by atoms with Gasteiger partial charge in [0, 0.05) is 25.7 Å². The summed E-state index contributed by atoms with van der Waals surface area (Å²) in [7, 11) is 0. The van der Waals surface area contributed by atoms with Gasteiger partial charge in [0.15, 0.2) is 0 Å². The largest absolute Gasteiger partial charge is 0.465 e. The fourth-order valence-electron chi connectivity index (χ4n) is 3.63. The molecule has 1 atom stereocenters. The number of halogens is 2. The Labute approximate surface area is 128 Å². The van der Waals surface area contributed by atoms with Gasteiger partial charge in [-0.05, 0) is 18.9 Å². The summed E-state index contributed by atoms with van der Waals surface area (Å²) in [5.74, 6) is -2.86. The van der Waals surface area contributed by atoms with Gasteiger partial charge >= 0.3 is 6.09 Å². The van der Waals surface area contributed by atoms with Crippen molar-refractivity contribution >= 4 is 6.09 Å². The molecule has 0 aliphatic carbocycles. The second-order valence-electron chi connectivity index (χ2n) is 6.57. The lowest BCUT2D eigenvalue weighted by Gasteiger charge is -2.58. The Balaban J connectivity index is 1.71. The van der Waals surface area contributed by atoms with Crippen molar-refractivity contribution in [3.8, 4) is 0 Å². The van der Waals surface area contributed by atoms with Crippen molar-refractivity contribution in [1.29, 1.82) is 0 Å². The Bertz CT molecular complexity index is 559. The van der Waals surface area contributed by atoms with Crippen LogP contribution in [0, 0.1) is 5.41 Å². The number of carbonyl (C=O) groups is 1. The first kappa shape index (κ1) is 15.2. The van der Waals surface area contributed by atoms with Crippen LogP contribution < -0.4 is 0 Å². The Morgan fingerprint density at radius 2 is 1.91 bits per heavy atom. The van der Waals surface area contributed by atoms with E-state index < -0.39 is 17.4 Å². The minimum Gasteiger partial charge on any atom is -0.465 e. The Hall–Kier alpha value is -1.69. The Kier molecular flexibility index (Phi) is 3.59. The van der Waals surface area contributed by atoms with Gasteiger partial charge in [-0.1, -0.05) is 30.3 Å². The summed E-state index contributed by atoms with van der Waals surface area (Å²) in [4.78, 5) is 13.7. The van der Waals surface area contributed by atoms with E-state index in [2.05, 4.69) is 0 Å². The molecule has 0 unspecified atom stereocenters. The molecule has 1 aromatic carbocycles. The van der Waals surface area contributed by atoms with Crippen LogP contribution in [-0.4, -0.2) is 52.6 Å². The number of rotatable bonds is 2. The third-order valence-electron chi connectivity index (χ3n) is 4.97. The van der Waals surface area contributed by atoms with Crippen LogP contribution in [0.3, 0.4) is 0 Å². The molecule has 4 nitrogen and oxygen atoms in total. The lowest BCUT2D eigenvalue weighted by molar-refractivity contribution is -0.228. The fourth-order valence-corrected chi connectivity index (χ4v) is 3.63. The topological polar surface area (TPSA) is 43.8 Å². The van der Waals surface area contributed by atoms with E-state index in [9.17, 15) is 13.6 Å². The first-order valence-corrected chi connectivity index (χ1v) is 7.47. The van der Waals surface area contributed by atoms with Gasteiger partial charge in [0.05, 0.1) is 12.0 Å². The predicted octanol–water partition coefficient (Wildman–Crippen LogP) is 2.90. The monoisotopic (exact) mass is 310 g/mol. The van der Waals surface area contributed by atoms with Crippen molar-refractivity contribution < 1.29 is 18.7 Å². The smallest absolute Gasteiger partial charge is 0.407 e. The summed E-state index contributed by atoms with van der Waals surface area (Å²) in [6.45, 7) is 2.02. The molecule has 6 heteroatoms. The minimum atomic E-state index is -2.86. The molecule has 0 bridgehead atoms. The molecule has 120 valence electrons. The number of benzene rings is 1. The van der Waals surface area contributed by atoms with Crippen LogP contribution in [0.1, 0.15) is 18.9 Å². The Morgan fingerprint density at radius 1 is 1.27 bits per heavy atom. The molecule has 2 saturated heterocycles. The van der Waals surface area contributed by atoms with Crippen molar-refractivity contribution in [2.45, 2.75) is 31.9 Å². The molecule has 1 amide bonds. The summed E-state index contributed by atoms with van der Waals surface area (Å²) in [5, 5.41) is 8.90. The van der Waals surface area contributed by atoms with Crippen LogP contribution in [-0.2, 0) is 6.54 Å². The highest BCUT2D eigenvalue weighted by molar-refractivity contribution is 5.66. The number of piperidine rings is 1. The number of nitrogens with zero attached hydrogens (tertiary/aromatic N) is 2. The molecule has 0 aromatic heterocycles. The lowest BCUT2D eigenvalue weighted by Crippen LogP contribution is -2.72. The van der Waals surface area contributed by atoms with Gasteiger partial charge in [0.25, 0.3) is 5.92 Å². The standard InChI is InChI=1S/C16H20F2N2O2/c1-12-7-15(9-20(10-15)14(21)22)16(17,18)11-19(12)8-13-5-3-2-4-6-13/h2-6,12H,7-11H2,1H3,(H,21,22)/t12-/m0/s1. The maximum absolute atomic E-state index is 14.6. The van der Waals surface area contributed by atoms with E-state index in [4.69, 9.17) is 5.11 Å². The SMILES string of the molecule is C[C@H]1CC2(CN(C(=O)O)C2)C(F)(F)CN1Cc1ccccc1. The summed E-state index contributed by atoms with van der Waals surface area (Å²) in [6.07, 6.45) is -0.780. The van der Waals surface area contributed by atoms with Crippen LogP contribution in [0.15, 0.2) is 30.3 Å². The predicted molar refractivity (Wildman–Crippen MR) is 77.9 cm³/mol. The second kappa shape index (κ2) is 5.19. The molecule has 2 aliphatic rings. The molecule has 1 spiro atoms. The average Bonchev–Trinajstić information content (AvgIpc) is 2.40. The van der Waals surface area contributed by atoms with Crippen LogP contribution >= 0.6 is 0 Å². The molecule has 2 fully saturated rings. The minimum absolute atomic E-state index is 0.00998. The number of hydrogen-bond acceptors (Lipinski definition) is 2. The maximum Gasteiger partial charge on any atom is 0.407 e. The second-order valence-corrected chi connectivity index (χ2v) is 6.57. The maximum atomic E-state index is 14.6. The molecule has 2 heterocycles. The number of hydrogen-bond donors (Lipinski definition) is 1. The fraction of sp³-hybridized carbons (Fsp3) is 0.562. The molecule has 1 N–H and O–H groups in total. The number of carboxylic acid groups (broad SMARTS) is 1. The third-order valence-corrected chi connectivity index (χ3v) is 4.97. The molecule has 1 aromatic rings. The normalized spacial score (nSPS) is 26.7. The van der Waals surface area contributed by atoms with Gasteiger partial charge in [-0.25, -0.2) is 13.6 Å². The Morgan fingerprint density at radius 3 is 2.50 bits per heavy atom. The van der Waals surface area contributed by atoms with Crippen molar-refractivity contribution in [2.24, 2.45) is 5.41 Å². The van der Waals surface area contributed by atoms with Gasteiger partial charge in [-0.15, -0.1) is 0 Å². The van der Waals surface area contributed by atoms with Crippen LogP contribution in [0.4, 0.5) is 13.6 Å². The van der Waals surface area contributed by atoms with Crippen molar-refractivity contribution in [1.82, 2.24) is 9.80 Å². The lowest BCUT2D eigenvalue weighted by atomic mass is 9.67. The van der Waals surface area contributed by atoms with Gasteiger partial charge < -0.3 is 10.0 Å². The summed E-state index contributed by atoms with van der Waals surface area (Å²) in [6, 6.07) is 9.59. The number of likely N-dealkylation sites (tertiary alicyclic amines) is 2. The van der Waals surface area contributed by atoms with Gasteiger partial charge in [0.1, 0.15) is 0 Å². The van der Waals surface area contributed by atoms with Crippen molar-refractivity contribution in [3.05, 3.63) is 35.9 Å². The molecule has 3 rings (SSSR count). The van der Waals surface area contributed by atoms with Gasteiger partial charge in [0.2, 0.25) is 0 Å². The zero-order valence-corrected chi connectivity index (χ0v) is 12.5. The van der Waals surface area contributed by atoms with E-state index in [0.717, 1.165) is 10.5 Å². The first-order valence-electron chi connectivity index (χ1n) is 7.47. The summed E-state index contributed by atoms with van der Waals surface area (Å²) < 4.78 is 29.2. The first-order chi connectivity index (χ1) is 10.3. The zero-order valence-electron chi connectivity index (χ0n) is 12.5. The van der Waals surface area contributed by atoms with Crippen molar-refractivity contribution in [3.63, 3.8) is 0 Å². The van der Waals surface area contributed by atoms with E-state index in [0.29, 0.717) is 13.0 Å².